The van der Waals surface area contributed by atoms with Gasteiger partial charge in [0.15, 0.2) is 0 Å². The molecule has 1 heterocycles. The molecule has 1 rings (SSSR count). The first-order valence-corrected chi connectivity index (χ1v) is 5.19. The summed E-state index contributed by atoms with van der Waals surface area (Å²) in [5.41, 5.74) is 3.60. The number of aromatic nitrogens is 1. The minimum Gasteiger partial charge on any atom is -0.411 e. The number of pyridine rings is 1. The largest absolute Gasteiger partial charge is 0.411 e. The fourth-order valence-electron chi connectivity index (χ4n) is 1.53. The molecule has 3 heteroatoms. The number of hydrogen-bond donors (Lipinski definition) is 1. The van der Waals surface area contributed by atoms with Crippen LogP contribution in [-0.4, -0.2) is 15.9 Å². The van der Waals surface area contributed by atoms with Crippen molar-refractivity contribution in [3.8, 4) is 0 Å². The highest BCUT2D eigenvalue weighted by Crippen LogP contribution is 2.11. The molecular formula is C12H18N2O. The molecule has 0 atom stereocenters. The molecule has 0 saturated heterocycles. The molecule has 0 spiro atoms. The maximum absolute atomic E-state index is 8.72. The van der Waals surface area contributed by atoms with E-state index in [-0.39, 0.29) is 0 Å². The molecule has 0 bridgehead atoms. The predicted molar refractivity (Wildman–Crippen MR) is 61.5 cm³/mol. The van der Waals surface area contributed by atoms with Gasteiger partial charge >= 0.3 is 0 Å². The van der Waals surface area contributed by atoms with Crippen molar-refractivity contribution in [1.29, 1.82) is 0 Å². The summed E-state index contributed by atoms with van der Waals surface area (Å²) in [6.45, 7) is 8.07. The van der Waals surface area contributed by atoms with Gasteiger partial charge in [0.1, 0.15) is 0 Å². The average molecular weight is 206 g/mol. The van der Waals surface area contributed by atoms with E-state index in [4.69, 9.17) is 5.21 Å². The molecule has 0 unspecified atom stereocenters. The molecule has 0 aliphatic rings. The van der Waals surface area contributed by atoms with Crippen LogP contribution < -0.4 is 0 Å². The van der Waals surface area contributed by atoms with Gasteiger partial charge in [-0.2, -0.15) is 0 Å². The van der Waals surface area contributed by atoms with Crippen LogP contribution in [-0.2, 0) is 6.42 Å². The Morgan fingerprint density at radius 1 is 1.47 bits per heavy atom. The van der Waals surface area contributed by atoms with Gasteiger partial charge in [0.05, 0.1) is 5.71 Å². The molecule has 1 aromatic heterocycles. The summed E-state index contributed by atoms with van der Waals surface area (Å²) in [7, 11) is 0. The molecule has 82 valence electrons. The lowest BCUT2D eigenvalue weighted by molar-refractivity contribution is 0.319. The quantitative estimate of drug-likeness (QED) is 0.469. The van der Waals surface area contributed by atoms with Crippen LogP contribution >= 0.6 is 0 Å². The lowest BCUT2D eigenvalue weighted by Gasteiger charge is -2.07. The summed E-state index contributed by atoms with van der Waals surface area (Å²) >= 11 is 0. The third-order valence-corrected chi connectivity index (χ3v) is 2.19. The molecular weight excluding hydrogens is 188 g/mol. The van der Waals surface area contributed by atoms with E-state index >= 15 is 0 Å². The van der Waals surface area contributed by atoms with Crippen LogP contribution in [0.4, 0.5) is 0 Å². The summed E-state index contributed by atoms with van der Waals surface area (Å²) in [4.78, 5) is 4.45. The van der Waals surface area contributed by atoms with Crippen molar-refractivity contribution in [1.82, 2.24) is 4.98 Å². The van der Waals surface area contributed by atoms with Crippen molar-refractivity contribution in [3.05, 3.63) is 29.1 Å². The van der Waals surface area contributed by atoms with Crippen molar-refractivity contribution < 1.29 is 5.21 Å². The van der Waals surface area contributed by atoms with Crippen LogP contribution in [0.5, 0.6) is 0 Å². The molecule has 1 N–H and O–H groups in total. The highest BCUT2D eigenvalue weighted by atomic mass is 16.4. The number of nitrogens with zero attached hydrogens (tertiary/aromatic N) is 2. The van der Waals surface area contributed by atoms with E-state index in [1.54, 1.807) is 6.92 Å². The molecule has 0 radical (unpaired) electrons. The molecule has 1 aromatic rings. The Morgan fingerprint density at radius 3 is 2.67 bits per heavy atom. The summed E-state index contributed by atoms with van der Waals surface area (Å²) in [6, 6.07) is 3.92. The van der Waals surface area contributed by atoms with E-state index in [2.05, 4.69) is 24.0 Å². The Labute approximate surface area is 90.8 Å². The Morgan fingerprint density at radius 2 is 2.13 bits per heavy atom. The third-order valence-electron chi connectivity index (χ3n) is 2.19. The van der Waals surface area contributed by atoms with E-state index in [0.29, 0.717) is 11.6 Å². The highest BCUT2D eigenvalue weighted by molar-refractivity contribution is 5.98. The van der Waals surface area contributed by atoms with Gasteiger partial charge in [-0.1, -0.05) is 19.0 Å². The van der Waals surface area contributed by atoms with E-state index in [1.807, 2.05) is 19.1 Å². The molecule has 3 nitrogen and oxygen atoms in total. The summed E-state index contributed by atoms with van der Waals surface area (Å²) < 4.78 is 0. The average Bonchev–Trinajstić information content (AvgIpc) is 2.14. The van der Waals surface area contributed by atoms with Crippen LogP contribution in [0.2, 0.25) is 0 Å². The Balaban J connectivity index is 3.05. The lowest BCUT2D eigenvalue weighted by Crippen LogP contribution is -2.03. The normalized spacial score (nSPS) is 12.2. The van der Waals surface area contributed by atoms with Crippen LogP contribution in [0.25, 0.3) is 0 Å². The van der Waals surface area contributed by atoms with Crippen molar-refractivity contribution in [2.24, 2.45) is 11.1 Å². The second kappa shape index (κ2) is 4.91. The van der Waals surface area contributed by atoms with Crippen LogP contribution in [0.1, 0.15) is 37.7 Å². The van der Waals surface area contributed by atoms with Crippen molar-refractivity contribution in [3.63, 3.8) is 0 Å². The first kappa shape index (κ1) is 11.7. The van der Waals surface area contributed by atoms with Gasteiger partial charge < -0.3 is 5.21 Å². The van der Waals surface area contributed by atoms with Gasteiger partial charge in [-0.05, 0) is 38.3 Å². The van der Waals surface area contributed by atoms with Gasteiger partial charge in [0, 0.05) is 17.0 Å². The first-order valence-electron chi connectivity index (χ1n) is 5.19. The zero-order valence-corrected chi connectivity index (χ0v) is 9.78. The van der Waals surface area contributed by atoms with Gasteiger partial charge in [0.2, 0.25) is 0 Å². The maximum Gasteiger partial charge on any atom is 0.0838 e. The monoisotopic (exact) mass is 206 g/mol. The summed E-state index contributed by atoms with van der Waals surface area (Å²) in [5.74, 6) is 0.582. The Kier molecular flexibility index (Phi) is 3.83. The van der Waals surface area contributed by atoms with E-state index in [9.17, 15) is 0 Å². The number of aryl methyl sites for hydroxylation is 1. The fraction of sp³-hybridized carbons (Fsp3) is 0.500. The van der Waals surface area contributed by atoms with E-state index in [1.165, 1.54) is 0 Å². The lowest BCUT2D eigenvalue weighted by atomic mass is 10.0. The predicted octanol–water partition coefficient (Wildman–Crippen LogP) is 2.79. The topological polar surface area (TPSA) is 45.5 Å². The molecule has 0 aliphatic carbocycles. The highest BCUT2D eigenvalue weighted by Gasteiger charge is 2.05. The van der Waals surface area contributed by atoms with Crippen LogP contribution in [0.15, 0.2) is 17.3 Å². The Bertz CT molecular complexity index is 370. The SMILES string of the molecule is CC(=NO)c1cc(C)nc(CC(C)C)c1. The number of hydrogen-bond acceptors (Lipinski definition) is 3. The van der Waals surface area contributed by atoms with E-state index < -0.39 is 0 Å². The van der Waals surface area contributed by atoms with Crippen LogP contribution in [0, 0.1) is 12.8 Å². The number of oxime groups is 1. The van der Waals surface area contributed by atoms with Gasteiger partial charge in [-0.15, -0.1) is 0 Å². The smallest absolute Gasteiger partial charge is 0.0838 e. The second-order valence-corrected chi connectivity index (χ2v) is 4.27. The fourth-order valence-corrected chi connectivity index (χ4v) is 1.53. The zero-order valence-electron chi connectivity index (χ0n) is 9.78. The van der Waals surface area contributed by atoms with Crippen molar-refractivity contribution >= 4 is 5.71 Å². The minimum absolute atomic E-state index is 0.582. The summed E-state index contributed by atoms with van der Waals surface area (Å²) in [6.07, 6.45) is 0.952. The van der Waals surface area contributed by atoms with E-state index in [0.717, 1.165) is 23.4 Å². The molecule has 0 aromatic carbocycles. The van der Waals surface area contributed by atoms with Crippen molar-refractivity contribution in [2.75, 3.05) is 0 Å². The number of rotatable bonds is 3. The molecule has 0 amide bonds. The van der Waals surface area contributed by atoms with Crippen LogP contribution in [0.3, 0.4) is 0 Å². The molecule has 0 fully saturated rings. The molecule has 0 saturated carbocycles. The minimum atomic E-state index is 0.582. The van der Waals surface area contributed by atoms with Gasteiger partial charge in [0.25, 0.3) is 0 Å². The van der Waals surface area contributed by atoms with Crippen molar-refractivity contribution in [2.45, 2.75) is 34.1 Å². The van der Waals surface area contributed by atoms with Gasteiger partial charge in [-0.25, -0.2) is 0 Å². The zero-order chi connectivity index (χ0) is 11.4. The van der Waals surface area contributed by atoms with Gasteiger partial charge in [-0.3, -0.25) is 4.98 Å². The second-order valence-electron chi connectivity index (χ2n) is 4.27. The maximum atomic E-state index is 8.72. The molecule has 0 aliphatic heterocycles. The first-order chi connectivity index (χ1) is 7.02. The standard InChI is InChI=1S/C12H18N2O/c1-8(2)5-12-7-11(10(4)14-15)6-9(3)13-12/h6-8,15H,5H2,1-4H3. The molecule has 15 heavy (non-hydrogen) atoms. The summed E-state index contributed by atoms with van der Waals surface area (Å²) in [5, 5.41) is 11.9. The third kappa shape index (κ3) is 3.35. The Hall–Kier alpha value is -1.38.